The maximum Gasteiger partial charge on any atom is 1.00 e. The standard InChI is InChI=1S/C16H8F17O4P.Na/c17-8(9(18)37-7-3-1-6(2-4-7)5-38(34,35)36)10(19,20)11(21,22)12(23,24)13(25,26)14(27,28)15(29,30)16(31,32)33;/h1-4H,5H2,(H2,34,35,36);/q;+1/p-1/b9-8-;. The topological polar surface area (TPSA) is 69.6 Å². The molecule has 220 valence electrons. The van der Waals surface area contributed by atoms with Gasteiger partial charge in [-0.15, -0.1) is 0 Å². The van der Waals surface area contributed by atoms with Crippen LogP contribution in [0.15, 0.2) is 36.1 Å². The first-order valence-electron chi connectivity index (χ1n) is 8.68. The SMILES string of the molecule is O=P([O-])(O)Cc1ccc(O/C(F)=C(\F)C(F)(F)C(F)(F)C(F)(F)C(F)(F)C(F)(F)C(F)(F)C(F)(F)F)cc1.[Na+]. The van der Waals surface area contributed by atoms with Crippen LogP contribution in [0.4, 0.5) is 74.6 Å². The summed E-state index contributed by atoms with van der Waals surface area (Å²) in [5.41, 5.74) is -0.349. The van der Waals surface area contributed by atoms with Gasteiger partial charge in [0, 0.05) is 6.16 Å². The molecule has 0 heterocycles. The summed E-state index contributed by atoms with van der Waals surface area (Å²) in [6, 6.07) is -1.75. The van der Waals surface area contributed by atoms with Crippen LogP contribution in [0.1, 0.15) is 5.56 Å². The van der Waals surface area contributed by atoms with Crippen molar-refractivity contribution in [3.8, 4) is 5.75 Å². The van der Waals surface area contributed by atoms with E-state index in [2.05, 4.69) is 4.74 Å². The Balaban J connectivity index is 0.0000144. The summed E-state index contributed by atoms with van der Waals surface area (Å²) >= 11 is 0. The number of ether oxygens (including phenoxy) is 1. The zero-order valence-electron chi connectivity index (χ0n) is 18.1. The summed E-state index contributed by atoms with van der Waals surface area (Å²) in [4.78, 5) is 19.3. The molecule has 0 aromatic heterocycles. The molecule has 4 nitrogen and oxygen atoms in total. The predicted octanol–water partition coefficient (Wildman–Crippen LogP) is 3.60. The molecule has 0 saturated carbocycles. The van der Waals surface area contributed by atoms with E-state index in [4.69, 9.17) is 4.89 Å². The Hall–Kier alpha value is -1.28. The molecule has 0 aliphatic carbocycles. The summed E-state index contributed by atoms with van der Waals surface area (Å²) in [7, 11) is -4.96. The predicted molar refractivity (Wildman–Crippen MR) is 85.6 cm³/mol. The molecule has 1 atom stereocenters. The van der Waals surface area contributed by atoms with Crippen molar-refractivity contribution in [2.75, 3.05) is 0 Å². The van der Waals surface area contributed by atoms with Gasteiger partial charge in [-0.25, -0.2) is 0 Å². The van der Waals surface area contributed by atoms with E-state index in [9.17, 15) is 84.1 Å². The van der Waals surface area contributed by atoms with E-state index in [1.165, 1.54) is 0 Å². The molecule has 0 fully saturated rings. The van der Waals surface area contributed by atoms with Gasteiger partial charge in [0.05, 0.1) is 0 Å². The third kappa shape index (κ3) is 6.63. The molecule has 1 rings (SSSR count). The Labute approximate surface area is 226 Å². The Morgan fingerprint density at radius 3 is 1.44 bits per heavy atom. The minimum atomic E-state index is -8.69. The van der Waals surface area contributed by atoms with Gasteiger partial charge < -0.3 is 19.1 Å². The van der Waals surface area contributed by atoms with Gasteiger partial charge in [-0.3, -0.25) is 0 Å². The molecule has 0 aliphatic heterocycles. The van der Waals surface area contributed by atoms with Crippen LogP contribution in [-0.4, -0.2) is 46.6 Å². The first-order chi connectivity index (χ1) is 16.5. The van der Waals surface area contributed by atoms with E-state index in [1.54, 1.807) is 0 Å². The Bertz CT molecular complexity index is 1090. The molecule has 1 aromatic carbocycles. The first kappa shape index (κ1) is 37.7. The molecule has 0 bridgehead atoms. The van der Waals surface area contributed by atoms with Crippen LogP contribution in [0.2, 0.25) is 0 Å². The quantitative estimate of drug-likeness (QED) is 0.184. The zero-order valence-corrected chi connectivity index (χ0v) is 21.0. The molecule has 23 heteroatoms. The van der Waals surface area contributed by atoms with Gasteiger partial charge in [0.25, 0.3) is 0 Å². The van der Waals surface area contributed by atoms with E-state index in [1.807, 2.05) is 0 Å². The number of hydrogen-bond acceptors (Lipinski definition) is 3. The normalized spacial score (nSPS) is 16.7. The Morgan fingerprint density at radius 2 is 1.08 bits per heavy atom. The van der Waals surface area contributed by atoms with E-state index in [-0.39, 0.29) is 35.1 Å². The minimum absolute atomic E-state index is 0. The number of alkyl halides is 15. The fraction of sp³-hybridized carbons (Fsp3) is 0.500. The van der Waals surface area contributed by atoms with E-state index < -0.39 is 73.1 Å². The van der Waals surface area contributed by atoms with E-state index in [0.717, 1.165) is 0 Å². The van der Waals surface area contributed by atoms with Crippen LogP contribution in [0.5, 0.6) is 5.75 Å². The van der Waals surface area contributed by atoms with Crippen LogP contribution in [0, 0.1) is 0 Å². The third-order valence-corrected chi connectivity index (χ3v) is 5.05. The average molecular weight is 640 g/mol. The van der Waals surface area contributed by atoms with Crippen molar-refractivity contribution in [2.45, 2.75) is 47.9 Å². The molecule has 1 N–H and O–H groups in total. The van der Waals surface area contributed by atoms with Gasteiger partial charge in [-0.2, -0.15) is 74.6 Å². The van der Waals surface area contributed by atoms with Crippen molar-refractivity contribution in [3.05, 3.63) is 41.7 Å². The summed E-state index contributed by atoms with van der Waals surface area (Å²) < 4.78 is 238. The largest absolute Gasteiger partial charge is 1.00 e. The zero-order chi connectivity index (χ0) is 30.6. The second kappa shape index (κ2) is 11.2. The van der Waals surface area contributed by atoms with Crippen molar-refractivity contribution in [1.82, 2.24) is 0 Å². The van der Waals surface area contributed by atoms with E-state index in [0.29, 0.717) is 24.3 Å². The molecule has 1 aromatic rings. The van der Waals surface area contributed by atoms with Crippen molar-refractivity contribution in [2.24, 2.45) is 0 Å². The maximum absolute atomic E-state index is 13.7. The van der Waals surface area contributed by atoms with Crippen LogP contribution in [0.3, 0.4) is 0 Å². The molecular formula is C16H7F17NaO4P. The number of halogens is 17. The van der Waals surface area contributed by atoms with Crippen molar-refractivity contribution >= 4 is 7.60 Å². The number of allylic oxidation sites excluding steroid dienone is 1. The molecule has 39 heavy (non-hydrogen) atoms. The molecular weight excluding hydrogens is 633 g/mol. The fourth-order valence-electron chi connectivity index (χ4n) is 2.27. The van der Waals surface area contributed by atoms with E-state index >= 15 is 0 Å². The minimum Gasteiger partial charge on any atom is -0.778 e. The van der Waals surface area contributed by atoms with Crippen LogP contribution in [-0.2, 0) is 10.7 Å². The average Bonchev–Trinajstić information content (AvgIpc) is 2.71. The summed E-state index contributed by atoms with van der Waals surface area (Å²) in [6.07, 6.45) is -8.93. The van der Waals surface area contributed by atoms with Crippen molar-refractivity contribution in [1.29, 1.82) is 0 Å². The monoisotopic (exact) mass is 640 g/mol. The fourth-order valence-corrected chi connectivity index (χ4v) is 2.94. The Morgan fingerprint density at radius 1 is 0.718 bits per heavy atom. The first-order valence-corrected chi connectivity index (χ1v) is 10.4. The molecule has 0 spiro atoms. The third-order valence-electron chi connectivity index (χ3n) is 4.29. The summed E-state index contributed by atoms with van der Waals surface area (Å²) in [5.74, 6) is -55.9. The second-order valence-corrected chi connectivity index (χ2v) is 8.66. The van der Waals surface area contributed by atoms with Gasteiger partial charge in [0.1, 0.15) is 13.3 Å². The smallest absolute Gasteiger partial charge is 0.778 e. The van der Waals surface area contributed by atoms with Gasteiger partial charge in [0.15, 0.2) is 0 Å². The van der Waals surface area contributed by atoms with Gasteiger partial charge in [-0.1, -0.05) is 12.1 Å². The number of hydrogen-bond donors (Lipinski definition) is 1. The summed E-state index contributed by atoms with van der Waals surface area (Å²) in [6.45, 7) is 0. The van der Waals surface area contributed by atoms with Gasteiger partial charge in [0.2, 0.25) is 5.83 Å². The maximum atomic E-state index is 13.7. The van der Waals surface area contributed by atoms with Gasteiger partial charge in [-0.05, 0) is 17.7 Å². The second-order valence-electron chi connectivity index (χ2n) is 7.07. The van der Waals surface area contributed by atoms with Crippen LogP contribution >= 0.6 is 7.60 Å². The molecule has 0 saturated heterocycles. The van der Waals surface area contributed by atoms with Crippen LogP contribution < -0.4 is 39.2 Å². The molecule has 0 radical (unpaired) electrons. The number of benzene rings is 1. The van der Waals surface area contributed by atoms with Crippen molar-refractivity contribution in [3.63, 3.8) is 0 Å². The summed E-state index contributed by atoms with van der Waals surface area (Å²) in [5, 5.41) is 0. The molecule has 0 aliphatic rings. The van der Waals surface area contributed by atoms with Gasteiger partial charge >= 0.3 is 77.3 Å². The van der Waals surface area contributed by atoms with Crippen molar-refractivity contribution < 1.29 is 123 Å². The number of rotatable bonds is 10. The molecule has 1 unspecified atom stereocenters. The van der Waals surface area contributed by atoms with Crippen LogP contribution in [0.25, 0.3) is 0 Å². The Kier molecular flexibility index (Phi) is 10.8. The molecule has 0 amide bonds.